The van der Waals surface area contributed by atoms with Crippen LogP contribution in [0.3, 0.4) is 0 Å². The lowest BCUT2D eigenvalue weighted by molar-refractivity contribution is 0.181. The highest BCUT2D eigenvalue weighted by atomic mass is 35.5. The Morgan fingerprint density at radius 2 is 1.83 bits per heavy atom. The van der Waals surface area contributed by atoms with Gasteiger partial charge >= 0.3 is 0 Å². The maximum atomic E-state index is 13.0. The van der Waals surface area contributed by atoms with E-state index < -0.39 is 10.0 Å². The first kappa shape index (κ1) is 20.5. The van der Waals surface area contributed by atoms with E-state index in [1.165, 1.54) is 0 Å². The summed E-state index contributed by atoms with van der Waals surface area (Å²) in [6, 6.07) is 7.65. The van der Waals surface area contributed by atoms with E-state index in [1.54, 1.807) is 29.5 Å². The molecule has 0 saturated carbocycles. The van der Waals surface area contributed by atoms with Crippen LogP contribution in [0, 0.1) is 13.8 Å². The zero-order chi connectivity index (χ0) is 20.6. The number of aromatic amines is 1. The number of nitrogens with zero attached hydrogens (tertiary/aromatic N) is 4. The predicted octanol–water partition coefficient (Wildman–Crippen LogP) is 3.31. The van der Waals surface area contributed by atoms with Gasteiger partial charge in [-0.1, -0.05) is 23.7 Å². The molecule has 7 nitrogen and oxygen atoms in total. The number of rotatable bonds is 5. The molecular formula is C19H22ClN5O2S2. The minimum Gasteiger partial charge on any atom is -0.294 e. The summed E-state index contributed by atoms with van der Waals surface area (Å²) < 4.78 is 27.5. The molecule has 0 amide bonds. The molecule has 1 aliphatic heterocycles. The quantitative estimate of drug-likeness (QED) is 0.643. The molecule has 1 saturated heterocycles. The van der Waals surface area contributed by atoms with Crippen molar-refractivity contribution in [3.63, 3.8) is 0 Å². The summed E-state index contributed by atoms with van der Waals surface area (Å²) in [7, 11) is -3.52. The summed E-state index contributed by atoms with van der Waals surface area (Å²) >= 11 is 7.57. The molecule has 0 bridgehead atoms. The van der Waals surface area contributed by atoms with Gasteiger partial charge in [0.15, 0.2) is 0 Å². The van der Waals surface area contributed by atoms with Crippen molar-refractivity contribution in [3.05, 3.63) is 51.1 Å². The average molecular weight is 452 g/mol. The van der Waals surface area contributed by atoms with Crippen LogP contribution >= 0.6 is 22.9 Å². The smallest absolute Gasteiger partial charge is 0.246 e. The highest BCUT2D eigenvalue weighted by molar-refractivity contribution is 7.89. The second kappa shape index (κ2) is 8.16. The Labute approximate surface area is 179 Å². The molecule has 4 rings (SSSR count). The van der Waals surface area contributed by atoms with E-state index in [9.17, 15) is 8.42 Å². The minimum atomic E-state index is -3.52. The third kappa shape index (κ3) is 4.24. The summed E-state index contributed by atoms with van der Waals surface area (Å²) in [5.74, 6) is 0. The molecule has 1 fully saturated rings. The second-order valence-electron chi connectivity index (χ2n) is 7.08. The zero-order valence-electron chi connectivity index (χ0n) is 16.2. The van der Waals surface area contributed by atoms with Gasteiger partial charge in [0, 0.05) is 42.1 Å². The van der Waals surface area contributed by atoms with Gasteiger partial charge in [0.1, 0.15) is 9.90 Å². The van der Waals surface area contributed by atoms with Crippen molar-refractivity contribution >= 4 is 33.0 Å². The number of H-pyrrole nitrogens is 1. The van der Waals surface area contributed by atoms with Gasteiger partial charge in [0.25, 0.3) is 0 Å². The monoisotopic (exact) mass is 451 g/mol. The number of sulfonamides is 1. The lowest BCUT2D eigenvalue weighted by atomic mass is 10.2. The molecule has 0 unspecified atom stereocenters. The van der Waals surface area contributed by atoms with Gasteiger partial charge in [0.2, 0.25) is 10.0 Å². The third-order valence-electron chi connectivity index (χ3n) is 5.04. The molecule has 0 atom stereocenters. The lowest BCUT2D eigenvalue weighted by Gasteiger charge is -2.33. The fraction of sp³-hybridized carbons (Fsp3) is 0.368. The molecular weight excluding hydrogens is 430 g/mol. The molecule has 2 aromatic heterocycles. The van der Waals surface area contributed by atoms with Crippen molar-refractivity contribution < 1.29 is 8.42 Å². The number of nitrogens with one attached hydrogen (secondary N) is 1. The van der Waals surface area contributed by atoms with Crippen LogP contribution in [0.15, 0.2) is 34.5 Å². The van der Waals surface area contributed by atoms with Crippen molar-refractivity contribution in [2.75, 3.05) is 26.2 Å². The van der Waals surface area contributed by atoms with Crippen LogP contribution in [0.4, 0.5) is 0 Å². The summed E-state index contributed by atoms with van der Waals surface area (Å²) in [6.45, 7) is 6.44. The molecule has 0 radical (unpaired) electrons. The Hall–Kier alpha value is -1.78. The van der Waals surface area contributed by atoms with Gasteiger partial charge in [-0.3, -0.25) is 10.00 Å². The normalized spacial score (nSPS) is 16.4. The number of hydrogen-bond donors (Lipinski definition) is 1. The molecule has 3 heterocycles. The maximum absolute atomic E-state index is 13.0. The molecule has 3 aromatic rings. The Kier molecular flexibility index (Phi) is 5.76. The summed E-state index contributed by atoms with van der Waals surface area (Å²) in [5, 5.41) is 10.6. The van der Waals surface area contributed by atoms with Crippen molar-refractivity contribution in [2.24, 2.45) is 0 Å². The third-order valence-corrected chi connectivity index (χ3v) is 8.29. The lowest BCUT2D eigenvalue weighted by Crippen LogP contribution is -2.48. The molecule has 1 N–H and O–H groups in total. The number of piperazine rings is 1. The largest absolute Gasteiger partial charge is 0.294 e. The number of benzene rings is 1. The Balaban J connectivity index is 1.39. The summed E-state index contributed by atoms with van der Waals surface area (Å²) in [5.41, 5.74) is 3.08. The first-order valence-electron chi connectivity index (χ1n) is 9.29. The standard InChI is InChI=1S/C19H22ClN5O2S2/c1-13-19(14(2)23-22-13)29(26,27)25-9-7-24(8-10-25)11-18-21-17(12-28-18)15-3-5-16(20)6-4-15/h3-6,12H,7-11H2,1-2H3,(H,22,23). The number of hydrogen-bond acceptors (Lipinski definition) is 6. The topological polar surface area (TPSA) is 82.2 Å². The SMILES string of the molecule is Cc1n[nH]c(C)c1S(=O)(=O)N1CCN(Cc2nc(-c3ccc(Cl)cc3)cs2)CC1. The fourth-order valence-corrected chi connectivity index (χ4v) is 6.23. The van der Waals surface area contributed by atoms with Crippen molar-refractivity contribution in [1.82, 2.24) is 24.4 Å². The average Bonchev–Trinajstić information content (AvgIpc) is 3.29. The van der Waals surface area contributed by atoms with Crippen LogP contribution in [-0.2, 0) is 16.6 Å². The van der Waals surface area contributed by atoms with Gasteiger partial charge in [-0.2, -0.15) is 9.40 Å². The van der Waals surface area contributed by atoms with Crippen molar-refractivity contribution in [1.29, 1.82) is 0 Å². The predicted molar refractivity (Wildman–Crippen MR) is 115 cm³/mol. The molecule has 1 aromatic carbocycles. The molecule has 29 heavy (non-hydrogen) atoms. The summed E-state index contributed by atoms with van der Waals surface area (Å²) in [6.07, 6.45) is 0. The van der Waals surface area contributed by atoms with E-state index in [1.807, 2.05) is 29.6 Å². The highest BCUT2D eigenvalue weighted by Gasteiger charge is 2.32. The van der Waals surface area contributed by atoms with E-state index >= 15 is 0 Å². The van der Waals surface area contributed by atoms with Gasteiger partial charge in [-0.25, -0.2) is 13.4 Å². The Morgan fingerprint density at radius 3 is 2.45 bits per heavy atom. The second-order valence-corrected chi connectivity index (χ2v) is 10.3. The van der Waals surface area contributed by atoms with Crippen LogP contribution in [0.2, 0.25) is 5.02 Å². The van der Waals surface area contributed by atoms with Gasteiger partial charge in [-0.05, 0) is 26.0 Å². The van der Waals surface area contributed by atoms with Crippen LogP contribution in [0.1, 0.15) is 16.4 Å². The van der Waals surface area contributed by atoms with Crippen LogP contribution in [0.5, 0.6) is 0 Å². The molecule has 154 valence electrons. The molecule has 0 spiro atoms. The van der Waals surface area contributed by atoms with Crippen molar-refractivity contribution in [3.8, 4) is 11.3 Å². The van der Waals surface area contributed by atoms with E-state index in [2.05, 4.69) is 15.1 Å². The summed E-state index contributed by atoms with van der Waals surface area (Å²) in [4.78, 5) is 7.27. The van der Waals surface area contributed by atoms with Crippen LogP contribution in [0.25, 0.3) is 11.3 Å². The Morgan fingerprint density at radius 1 is 1.14 bits per heavy atom. The number of aromatic nitrogens is 3. The van der Waals surface area contributed by atoms with Crippen LogP contribution < -0.4 is 0 Å². The first-order chi connectivity index (χ1) is 13.8. The van der Waals surface area contributed by atoms with E-state index in [-0.39, 0.29) is 0 Å². The zero-order valence-corrected chi connectivity index (χ0v) is 18.6. The van der Waals surface area contributed by atoms with E-state index in [4.69, 9.17) is 16.6 Å². The van der Waals surface area contributed by atoms with Gasteiger partial charge in [-0.15, -0.1) is 11.3 Å². The highest BCUT2D eigenvalue weighted by Crippen LogP contribution is 2.26. The number of halogens is 1. The van der Waals surface area contributed by atoms with Crippen LogP contribution in [-0.4, -0.2) is 59.0 Å². The fourth-order valence-electron chi connectivity index (χ4n) is 3.51. The molecule has 10 heteroatoms. The molecule has 0 aliphatic carbocycles. The van der Waals surface area contributed by atoms with E-state index in [0.29, 0.717) is 47.5 Å². The number of aryl methyl sites for hydroxylation is 2. The first-order valence-corrected chi connectivity index (χ1v) is 12.0. The van der Waals surface area contributed by atoms with E-state index in [0.717, 1.165) is 22.8 Å². The molecule has 1 aliphatic rings. The van der Waals surface area contributed by atoms with Gasteiger partial charge < -0.3 is 0 Å². The van der Waals surface area contributed by atoms with Gasteiger partial charge in [0.05, 0.1) is 23.6 Å². The Bertz CT molecular complexity index is 1080. The number of thiazole rings is 1. The maximum Gasteiger partial charge on any atom is 0.246 e. The van der Waals surface area contributed by atoms with Crippen molar-refractivity contribution in [2.45, 2.75) is 25.3 Å². The minimum absolute atomic E-state index is 0.304.